The second kappa shape index (κ2) is 4.29. The molecule has 1 radical (unpaired) electrons. The van der Waals surface area contributed by atoms with Gasteiger partial charge in [0.15, 0.2) is 0 Å². The molecule has 0 spiro atoms. The van der Waals surface area contributed by atoms with Crippen LogP contribution in [0.2, 0.25) is 0 Å². The molecule has 1 aliphatic rings. The topological polar surface area (TPSA) is 35.8 Å². The summed E-state index contributed by atoms with van der Waals surface area (Å²) in [6.45, 7) is 2.24. The highest BCUT2D eigenvalue weighted by Gasteiger charge is 2.11. The van der Waals surface area contributed by atoms with Gasteiger partial charge in [-0.1, -0.05) is 0 Å². The molecule has 0 amide bonds. The Morgan fingerprint density at radius 1 is 1.50 bits per heavy atom. The molecule has 0 aromatic rings. The first-order chi connectivity index (χ1) is 4.93. The van der Waals surface area contributed by atoms with E-state index in [1.165, 1.54) is 12.8 Å². The van der Waals surface area contributed by atoms with Crippen molar-refractivity contribution in [1.82, 2.24) is 5.32 Å². The van der Waals surface area contributed by atoms with Crippen LogP contribution >= 0.6 is 0 Å². The summed E-state index contributed by atoms with van der Waals surface area (Å²) in [5.41, 5.74) is 0. The monoisotopic (exact) mass is 137 g/mol. The summed E-state index contributed by atoms with van der Waals surface area (Å²) in [5.74, 6) is 0.695. The number of nitrogens with zero attached hydrogens (tertiary/aromatic N) is 1. The van der Waals surface area contributed by atoms with Crippen LogP contribution in [0.5, 0.6) is 0 Å². The zero-order valence-electron chi connectivity index (χ0n) is 6.14. The van der Waals surface area contributed by atoms with Gasteiger partial charge < -0.3 is 5.32 Å². The summed E-state index contributed by atoms with van der Waals surface area (Å²) >= 11 is 0. The van der Waals surface area contributed by atoms with Crippen molar-refractivity contribution in [2.24, 2.45) is 5.92 Å². The van der Waals surface area contributed by atoms with Gasteiger partial charge in [0, 0.05) is 6.42 Å². The minimum atomic E-state index is 0.616. The lowest BCUT2D eigenvalue weighted by Crippen LogP contribution is -2.27. The van der Waals surface area contributed by atoms with Crippen LogP contribution in [0.3, 0.4) is 0 Å². The van der Waals surface area contributed by atoms with Gasteiger partial charge in [0.2, 0.25) is 0 Å². The van der Waals surface area contributed by atoms with Crippen molar-refractivity contribution >= 4 is 0 Å². The average molecular weight is 137 g/mol. The quantitative estimate of drug-likeness (QED) is 0.618. The molecule has 1 saturated heterocycles. The molecule has 2 nitrogen and oxygen atoms in total. The van der Waals surface area contributed by atoms with E-state index in [9.17, 15) is 0 Å². The highest BCUT2D eigenvalue weighted by Crippen LogP contribution is 2.15. The Balaban J connectivity index is 2.09. The fourth-order valence-electron chi connectivity index (χ4n) is 1.30. The van der Waals surface area contributed by atoms with E-state index in [0.717, 1.165) is 13.1 Å². The molecule has 1 aliphatic heterocycles. The van der Waals surface area contributed by atoms with Crippen molar-refractivity contribution in [1.29, 1.82) is 5.26 Å². The summed E-state index contributed by atoms with van der Waals surface area (Å²) in [6, 6.07) is 2.14. The predicted molar refractivity (Wildman–Crippen MR) is 40.1 cm³/mol. The Bertz CT molecular complexity index is 120. The van der Waals surface area contributed by atoms with Gasteiger partial charge in [-0.05, 0) is 38.3 Å². The Kier molecular flexibility index (Phi) is 3.25. The van der Waals surface area contributed by atoms with Crippen LogP contribution in [0.25, 0.3) is 0 Å². The van der Waals surface area contributed by atoms with Crippen LogP contribution in [0.15, 0.2) is 0 Å². The van der Waals surface area contributed by atoms with Crippen molar-refractivity contribution in [2.45, 2.75) is 19.3 Å². The third-order valence-electron chi connectivity index (χ3n) is 1.93. The molecular weight excluding hydrogens is 124 g/mol. The molecule has 1 N–H and O–H groups in total. The minimum Gasteiger partial charge on any atom is -0.317 e. The first kappa shape index (κ1) is 7.56. The first-order valence-electron chi connectivity index (χ1n) is 3.84. The summed E-state index contributed by atoms with van der Waals surface area (Å²) in [4.78, 5) is 0. The molecule has 0 aromatic carbocycles. The number of nitrogens with one attached hydrogen (secondary N) is 1. The van der Waals surface area contributed by atoms with Crippen LogP contribution in [0.1, 0.15) is 19.3 Å². The molecule has 0 aliphatic carbocycles. The summed E-state index contributed by atoms with van der Waals surface area (Å²) < 4.78 is 0. The van der Waals surface area contributed by atoms with E-state index < -0.39 is 0 Å². The third-order valence-corrected chi connectivity index (χ3v) is 1.93. The van der Waals surface area contributed by atoms with Gasteiger partial charge in [0.25, 0.3) is 0 Å². The first-order valence-corrected chi connectivity index (χ1v) is 3.84. The Labute approximate surface area is 62.2 Å². The summed E-state index contributed by atoms with van der Waals surface area (Å²) in [6.07, 6.45) is 5.18. The lowest BCUT2D eigenvalue weighted by Gasteiger charge is -2.20. The van der Waals surface area contributed by atoms with Crippen LogP contribution < -0.4 is 5.32 Å². The zero-order chi connectivity index (χ0) is 7.23. The minimum absolute atomic E-state index is 0.616. The van der Waals surface area contributed by atoms with Crippen LogP contribution in [-0.4, -0.2) is 13.1 Å². The lowest BCUT2D eigenvalue weighted by atomic mass is 9.94. The number of nitriles is 1. The average Bonchev–Trinajstić information content (AvgIpc) is 2.03. The Morgan fingerprint density at radius 3 is 2.80 bits per heavy atom. The second-order valence-electron chi connectivity index (χ2n) is 2.69. The fourth-order valence-corrected chi connectivity index (χ4v) is 1.30. The molecule has 0 saturated carbocycles. The van der Waals surface area contributed by atoms with E-state index in [1.54, 1.807) is 0 Å². The van der Waals surface area contributed by atoms with Crippen molar-refractivity contribution in [3.05, 3.63) is 6.42 Å². The molecule has 1 rings (SSSR count). The number of hydrogen-bond donors (Lipinski definition) is 1. The number of hydrogen-bond acceptors (Lipinski definition) is 2. The van der Waals surface area contributed by atoms with Gasteiger partial charge in [-0.2, -0.15) is 5.26 Å². The zero-order valence-corrected chi connectivity index (χ0v) is 6.14. The third kappa shape index (κ3) is 2.36. The van der Waals surface area contributed by atoms with E-state index in [1.807, 2.05) is 0 Å². The van der Waals surface area contributed by atoms with E-state index in [0.29, 0.717) is 12.3 Å². The Hall–Kier alpha value is -0.550. The summed E-state index contributed by atoms with van der Waals surface area (Å²) in [5, 5.41) is 11.6. The smallest absolute Gasteiger partial charge is 0.0624 e. The molecule has 1 heterocycles. The molecule has 10 heavy (non-hydrogen) atoms. The SMILES string of the molecule is N#CC[CH]C1CCNCC1. The molecule has 0 aromatic heterocycles. The van der Waals surface area contributed by atoms with Gasteiger partial charge in [0.1, 0.15) is 0 Å². The van der Waals surface area contributed by atoms with Gasteiger partial charge >= 0.3 is 0 Å². The molecule has 0 bridgehead atoms. The van der Waals surface area contributed by atoms with Crippen molar-refractivity contribution in [3.8, 4) is 6.07 Å². The number of piperidine rings is 1. The molecule has 1 fully saturated rings. The van der Waals surface area contributed by atoms with Gasteiger partial charge in [-0.3, -0.25) is 0 Å². The Morgan fingerprint density at radius 2 is 2.20 bits per heavy atom. The maximum Gasteiger partial charge on any atom is 0.0624 e. The van der Waals surface area contributed by atoms with Gasteiger partial charge in [0.05, 0.1) is 6.07 Å². The van der Waals surface area contributed by atoms with Crippen LogP contribution in [0, 0.1) is 23.7 Å². The standard InChI is InChI=1S/C8H13N2/c9-5-1-2-8-3-6-10-7-4-8/h2,8,10H,1,3-4,6-7H2. The van der Waals surface area contributed by atoms with Gasteiger partial charge in [-0.15, -0.1) is 0 Å². The predicted octanol–water partition coefficient (Wildman–Crippen LogP) is 1.10. The molecule has 55 valence electrons. The van der Waals surface area contributed by atoms with Crippen molar-refractivity contribution in [2.75, 3.05) is 13.1 Å². The van der Waals surface area contributed by atoms with Crippen molar-refractivity contribution < 1.29 is 0 Å². The highest BCUT2D eigenvalue weighted by atomic mass is 14.9. The van der Waals surface area contributed by atoms with E-state index >= 15 is 0 Å². The highest BCUT2D eigenvalue weighted by molar-refractivity contribution is 4.88. The lowest BCUT2D eigenvalue weighted by molar-refractivity contribution is 0.412. The maximum atomic E-state index is 8.30. The number of rotatable bonds is 2. The normalized spacial score (nSPS) is 20.3. The maximum absolute atomic E-state index is 8.30. The second-order valence-corrected chi connectivity index (χ2v) is 2.69. The van der Waals surface area contributed by atoms with E-state index in [2.05, 4.69) is 17.8 Å². The van der Waals surface area contributed by atoms with E-state index in [-0.39, 0.29) is 0 Å². The molecular formula is C8H13N2. The largest absolute Gasteiger partial charge is 0.317 e. The molecule has 0 atom stereocenters. The molecule has 0 unspecified atom stereocenters. The van der Waals surface area contributed by atoms with Crippen LogP contribution in [0.4, 0.5) is 0 Å². The van der Waals surface area contributed by atoms with Gasteiger partial charge in [-0.25, -0.2) is 0 Å². The van der Waals surface area contributed by atoms with Crippen LogP contribution in [-0.2, 0) is 0 Å². The fraction of sp³-hybridized carbons (Fsp3) is 0.750. The molecule has 2 heteroatoms. The van der Waals surface area contributed by atoms with Crippen molar-refractivity contribution in [3.63, 3.8) is 0 Å². The van der Waals surface area contributed by atoms with E-state index in [4.69, 9.17) is 5.26 Å². The summed E-state index contributed by atoms with van der Waals surface area (Å²) in [7, 11) is 0.